The van der Waals surface area contributed by atoms with Crippen LogP contribution in [0.15, 0.2) is 48.5 Å². The molecule has 156 valence electrons. The lowest BCUT2D eigenvalue weighted by atomic mass is 10.1. The quantitative estimate of drug-likeness (QED) is 0.518. The fourth-order valence-corrected chi connectivity index (χ4v) is 3.23. The number of amides is 2. The molecule has 4 nitrogen and oxygen atoms in total. The Hall–Kier alpha value is -2.04. The van der Waals surface area contributed by atoms with Crippen LogP contribution in [0.2, 0.25) is 10.0 Å². The lowest BCUT2D eigenvalue weighted by molar-refractivity contribution is -0.140. The van der Waals surface area contributed by atoms with E-state index in [0.717, 1.165) is 30.4 Å². The van der Waals surface area contributed by atoms with Gasteiger partial charge in [0.1, 0.15) is 6.04 Å². The van der Waals surface area contributed by atoms with Crippen molar-refractivity contribution in [3.8, 4) is 0 Å². The van der Waals surface area contributed by atoms with E-state index in [0.29, 0.717) is 23.1 Å². The van der Waals surface area contributed by atoms with Gasteiger partial charge in [0.05, 0.1) is 6.42 Å². The van der Waals surface area contributed by atoms with Crippen molar-refractivity contribution >= 4 is 35.0 Å². The van der Waals surface area contributed by atoms with Crippen molar-refractivity contribution in [3.05, 3.63) is 69.7 Å². The molecule has 0 unspecified atom stereocenters. The summed E-state index contributed by atoms with van der Waals surface area (Å²) in [5.41, 5.74) is 1.78. The van der Waals surface area contributed by atoms with Crippen LogP contribution < -0.4 is 5.32 Å². The van der Waals surface area contributed by atoms with E-state index < -0.39 is 6.04 Å². The number of rotatable bonds is 10. The molecule has 0 saturated heterocycles. The lowest BCUT2D eigenvalue weighted by Gasteiger charge is -2.29. The second kappa shape index (κ2) is 11.8. The van der Waals surface area contributed by atoms with Crippen LogP contribution in [-0.2, 0) is 22.6 Å². The minimum atomic E-state index is -0.577. The summed E-state index contributed by atoms with van der Waals surface area (Å²) in [5, 5.41) is 4.21. The van der Waals surface area contributed by atoms with Crippen molar-refractivity contribution in [2.24, 2.45) is 0 Å². The number of carbonyl (C=O) groups excluding carboxylic acids is 2. The Kier molecular flexibility index (Phi) is 9.49. The summed E-state index contributed by atoms with van der Waals surface area (Å²) in [6.07, 6.45) is 3.30. The maximum absolute atomic E-state index is 13.1. The standard InChI is InChI=1S/C23H28Cl2N2O2/c1-3-4-5-14-26-23(29)17(2)27(16-19-8-12-21(25)13-9-19)22(28)15-18-6-10-20(24)11-7-18/h6-13,17H,3-5,14-16H2,1-2H3,(H,26,29)/t17-/m1/s1. The van der Waals surface area contributed by atoms with Crippen molar-refractivity contribution in [1.29, 1.82) is 0 Å². The number of benzene rings is 2. The van der Waals surface area contributed by atoms with Gasteiger partial charge in [-0.1, -0.05) is 67.2 Å². The maximum atomic E-state index is 13.1. The molecule has 2 aromatic carbocycles. The number of unbranched alkanes of at least 4 members (excludes halogenated alkanes) is 2. The molecule has 1 atom stereocenters. The van der Waals surface area contributed by atoms with Gasteiger partial charge in [-0.3, -0.25) is 9.59 Å². The van der Waals surface area contributed by atoms with Crippen LogP contribution in [0.5, 0.6) is 0 Å². The molecule has 0 bridgehead atoms. The summed E-state index contributed by atoms with van der Waals surface area (Å²) in [5.74, 6) is -0.252. The zero-order valence-corrected chi connectivity index (χ0v) is 18.5. The summed E-state index contributed by atoms with van der Waals surface area (Å²) in [7, 11) is 0. The average Bonchev–Trinajstić information content (AvgIpc) is 2.71. The predicted octanol–water partition coefficient (Wildman–Crippen LogP) is 5.26. The lowest BCUT2D eigenvalue weighted by Crippen LogP contribution is -2.48. The van der Waals surface area contributed by atoms with Gasteiger partial charge in [0.15, 0.2) is 0 Å². The molecule has 0 aliphatic heterocycles. The van der Waals surface area contributed by atoms with E-state index in [-0.39, 0.29) is 18.2 Å². The first kappa shape index (κ1) is 23.2. The largest absolute Gasteiger partial charge is 0.354 e. The summed E-state index contributed by atoms with van der Waals surface area (Å²) in [6.45, 7) is 4.85. The number of hydrogen-bond donors (Lipinski definition) is 1. The first-order valence-electron chi connectivity index (χ1n) is 9.96. The van der Waals surface area contributed by atoms with E-state index in [1.54, 1.807) is 36.1 Å². The SMILES string of the molecule is CCCCCNC(=O)[C@@H](C)N(Cc1ccc(Cl)cc1)C(=O)Cc1ccc(Cl)cc1. The Balaban J connectivity index is 2.12. The summed E-state index contributed by atoms with van der Waals surface area (Å²) < 4.78 is 0. The molecule has 0 aliphatic carbocycles. The highest BCUT2D eigenvalue weighted by Gasteiger charge is 2.26. The van der Waals surface area contributed by atoms with E-state index in [9.17, 15) is 9.59 Å². The van der Waals surface area contributed by atoms with Crippen LogP contribution in [0, 0.1) is 0 Å². The van der Waals surface area contributed by atoms with Gasteiger partial charge in [-0.15, -0.1) is 0 Å². The Morgan fingerprint density at radius 3 is 2.03 bits per heavy atom. The van der Waals surface area contributed by atoms with Gasteiger partial charge in [-0.2, -0.15) is 0 Å². The van der Waals surface area contributed by atoms with Gasteiger partial charge in [0, 0.05) is 23.1 Å². The van der Waals surface area contributed by atoms with Gasteiger partial charge >= 0.3 is 0 Å². The van der Waals surface area contributed by atoms with Crippen LogP contribution in [-0.4, -0.2) is 29.3 Å². The van der Waals surface area contributed by atoms with Crippen LogP contribution in [0.25, 0.3) is 0 Å². The topological polar surface area (TPSA) is 49.4 Å². The highest BCUT2D eigenvalue weighted by molar-refractivity contribution is 6.30. The smallest absolute Gasteiger partial charge is 0.242 e. The molecule has 0 aliphatic rings. The van der Waals surface area contributed by atoms with Crippen molar-refractivity contribution in [2.45, 2.75) is 52.1 Å². The molecule has 2 rings (SSSR count). The minimum Gasteiger partial charge on any atom is -0.354 e. The minimum absolute atomic E-state index is 0.113. The summed E-state index contributed by atoms with van der Waals surface area (Å²) in [4.78, 5) is 27.3. The number of halogens is 2. The van der Waals surface area contributed by atoms with Crippen molar-refractivity contribution < 1.29 is 9.59 Å². The highest BCUT2D eigenvalue weighted by Crippen LogP contribution is 2.16. The van der Waals surface area contributed by atoms with Gasteiger partial charge in [0.25, 0.3) is 0 Å². The van der Waals surface area contributed by atoms with E-state index in [1.165, 1.54) is 0 Å². The van der Waals surface area contributed by atoms with Gasteiger partial charge < -0.3 is 10.2 Å². The molecule has 29 heavy (non-hydrogen) atoms. The monoisotopic (exact) mass is 434 g/mol. The Morgan fingerprint density at radius 2 is 1.48 bits per heavy atom. The summed E-state index contributed by atoms with van der Waals surface area (Å²) >= 11 is 11.9. The predicted molar refractivity (Wildman–Crippen MR) is 119 cm³/mol. The Bertz CT molecular complexity index is 792. The Labute approximate surface area is 183 Å². The van der Waals surface area contributed by atoms with Gasteiger partial charge in [-0.25, -0.2) is 0 Å². The van der Waals surface area contributed by atoms with Gasteiger partial charge in [0.2, 0.25) is 11.8 Å². The molecule has 0 fully saturated rings. The average molecular weight is 435 g/mol. The van der Waals surface area contributed by atoms with Crippen molar-refractivity contribution in [3.63, 3.8) is 0 Å². The third kappa shape index (κ3) is 7.71. The van der Waals surface area contributed by atoms with Crippen LogP contribution in [0.1, 0.15) is 44.2 Å². The molecule has 0 aromatic heterocycles. The molecule has 0 saturated carbocycles. The zero-order valence-electron chi connectivity index (χ0n) is 17.0. The molecule has 6 heteroatoms. The van der Waals surface area contributed by atoms with E-state index in [1.807, 2.05) is 24.3 Å². The number of nitrogens with zero attached hydrogens (tertiary/aromatic N) is 1. The molecule has 2 aromatic rings. The molecule has 0 radical (unpaired) electrons. The summed E-state index contributed by atoms with van der Waals surface area (Å²) in [6, 6.07) is 13.9. The first-order valence-corrected chi connectivity index (χ1v) is 10.7. The van der Waals surface area contributed by atoms with Crippen LogP contribution in [0.3, 0.4) is 0 Å². The number of nitrogens with one attached hydrogen (secondary N) is 1. The Morgan fingerprint density at radius 1 is 0.931 bits per heavy atom. The van der Waals surface area contributed by atoms with Crippen molar-refractivity contribution in [1.82, 2.24) is 10.2 Å². The second-order valence-corrected chi connectivity index (χ2v) is 8.00. The normalized spacial score (nSPS) is 11.7. The van der Waals surface area contributed by atoms with Crippen LogP contribution in [0.4, 0.5) is 0 Å². The highest BCUT2D eigenvalue weighted by atomic mass is 35.5. The molecular weight excluding hydrogens is 407 g/mol. The van der Waals surface area contributed by atoms with Crippen molar-refractivity contribution in [2.75, 3.05) is 6.54 Å². The molecule has 2 amide bonds. The second-order valence-electron chi connectivity index (χ2n) is 7.13. The maximum Gasteiger partial charge on any atom is 0.242 e. The molecule has 0 spiro atoms. The zero-order chi connectivity index (χ0) is 21.2. The molecule has 0 heterocycles. The fraction of sp³-hybridized carbons (Fsp3) is 0.391. The number of carbonyl (C=O) groups is 2. The number of hydrogen-bond acceptors (Lipinski definition) is 2. The molecule has 1 N–H and O–H groups in total. The fourth-order valence-electron chi connectivity index (χ4n) is 2.98. The van der Waals surface area contributed by atoms with E-state index in [4.69, 9.17) is 23.2 Å². The van der Waals surface area contributed by atoms with E-state index >= 15 is 0 Å². The van der Waals surface area contributed by atoms with E-state index in [2.05, 4.69) is 12.2 Å². The van der Waals surface area contributed by atoms with Gasteiger partial charge in [-0.05, 0) is 48.7 Å². The third-order valence-corrected chi connectivity index (χ3v) is 5.29. The third-order valence-electron chi connectivity index (χ3n) is 4.78. The molecular formula is C23H28Cl2N2O2. The van der Waals surface area contributed by atoms with Crippen LogP contribution >= 0.6 is 23.2 Å². The first-order chi connectivity index (χ1) is 13.9.